The number of methoxy groups -OCH3 is 1. The molecule has 1 aliphatic heterocycles. The zero-order valence-electron chi connectivity index (χ0n) is 9.59. The van der Waals surface area contributed by atoms with Gasteiger partial charge in [0.05, 0.1) is 0 Å². The molecule has 0 fully saturated rings. The molecular formula is C11H16OS2Sn. The predicted octanol–water partition coefficient (Wildman–Crippen LogP) is 4.16. The van der Waals surface area contributed by atoms with Gasteiger partial charge in [-0.3, -0.25) is 0 Å². The van der Waals surface area contributed by atoms with Crippen molar-refractivity contribution in [2.45, 2.75) is 33.0 Å². The van der Waals surface area contributed by atoms with Crippen LogP contribution in [0.5, 0.6) is 5.75 Å². The second-order valence-corrected chi connectivity index (χ2v) is 32.2. The van der Waals surface area contributed by atoms with Gasteiger partial charge in [-0.15, -0.1) is 0 Å². The van der Waals surface area contributed by atoms with Crippen molar-refractivity contribution in [3.05, 3.63) is 17.7 Å². The molecule has 15 heavy (non-hydrogen) atoms. The second-order valence-electron chi connectivity index (χ2n) is 4.04. The molecule has 1 aromatic rings. The van der Waals surface area contributed by atoms with E-state index in [-0.39, 0.29) is 0 Å². The Kier molecular flexibility index (Phi) is 3.53. The molecule has 1 nitrogen and oxygen atoms in total. The second kappa shape index (κ2) is 4.41. The third-order valence-corrected chi connectivity index (χ3v) is 20.1. The summed E-state index contributed by atoms with van der Waals surface area (Å²) < 4.78 is 5.45. The fourth-order valence-corrected chi connectivity index (χ4v) is 22.0. The summed E-state index contributed by atoms with van der Waals surface area (Å²) in [4.78, 5) is 7.89. The summed E-state index contributed by atoms with van der Waals surface area (Å²) in [6.07, 6.45) is 1.13. The molecule has 1 heterocycles. The van der Waals surface area contributed by atoms with E-state index in [1.165, 1.54) is 15.4 Å². The van der Waals surface area contributed by atoms with Crippen LogP contribution in [0.4, 0.5) is 0 Å². The molecule has 0 spiro atoms. The van der Waals surface area contributed by atoms with Crippen LogP contribution in [0.25, 0.3) is 0 Å². The molecule has 1 aliphatic rings. The molecular weight excluding hydrogens is 331 g/mol. The minimum absolute atomic E-state index is 1.07. The van der Waals surface area contributed by atoms with Gasteiger partial charge < -0.3 is 0 Å². The molecule has 0 bridgehead atoms. The monoisotopic (exact) mass is 348 g/mol. The van der Waals surface area contributed by atoms with Crippen LogP contribution in [0, 0.1) is 0 Å². The molecule has 2 rings (SSSR count). The van der Waals surface area contributed by atoms with E-state index in [1.807, 2.05) is 0 Å². The summed E-state index contributed by atoms with van der Waals surface area (Å²) >= 11 is -1.92. The topological polar surface area (TPSA) is 9.23 Å². The zero-order valence-corrected chi connectivity index (χ0v) is 14.1. The Morgan fingerprint density at radius 3 is 2.47 bits per heavy atom. The zero-order chi connectivity index (χ0) is 11.1. The first kappa shape index (κ1) is 12.0. The normalized spacial score (nSPS) is 17.6. The number of hydrogen-bond donors (Lipinski definition) is 0. The van der Waals surface area contributed by atoms with Crippen LogP contribution in [-0.2, 0) is 6.42 Å². The first-order chi connectivity index (χ1) is 7.07. The molecule has 0 saturated carbocycles. The maximum absolute atomic E-state index is 5.45. The Balaban J connectivity index is 2.52. The Bertz CT molecular complexity index is 355. The number of rotatable bonds is 2. The van der Waals surface area contributed by atoms with Gasteiger partial charge in [0.25, 0.3) is 0 Å². The van der Waals surface area contributed by atoms with Crippen LogP contribution in [-0.4, -0.2) is 22.7 Å². The standard InChI is InChI=1S/C9H12OS2.2CH3.Sn/c1-3-6-4-5-7(10-2)9(12)8(6)11;;;/h4-5,11-12H,3H2,1-2H3;2*1H3;/q;;;+2/p-2. The molecule has 0 unspecified atom stereocenters. The van der Waals surface area contributed by atoms with Gasteiger partial charge in [-0.2, -0.15) is 0 Å². The first-order valence-corrected chi connectivity index (χ1v) is 19.5. The van der Waals surface area contributed by atoms with Gasteiger partial charge in [0.15, 0.2) is 0 Å². The van der Waals surface area contributed by atoms with E-state index < -0.39 is 15.6 Å². The molecule has 0 aromatic heterocycles. The average molecular weight is 347 g/mol. The minimum atomic E-state index is -1.92. The van der Waals surface area contributed by atoms with Crippen LogP contribution in [0.2, 0.25) is 9.88 Å². The van der Waals surface area contributed by atoms with E-state index >= 15 is 0 Å². The fraction of sp³-hybridized carbons (Fsp3) is 0.455. The third kappa shape index (κ3) is 2.29. The number of ether oxygens (including phenoxy) is 1. The van der Waals surface area contributed by atoms with Gasteiger partial charge in [0.2, 0.25) is 0 Å². The SMILES string of the molecule is CCc1ccc(OC)c2c1[S][Sn]([CH3])([CH3])[S]2. The Morgan fingerprint density at radius 2 is 1.87 bits per heavy atom. The van der Waals surface area contributed by atoms with Crippen LogP contribution < -0.4 is 4.74 Å². The van der Waals surface area contributed by atoms with E-state index in [0.717, 1.165) is 12.2 Å². The molecule has 0 N–H and O–H groups in total. The Hall–Kier alpha value is 0.519. The van der Waals surface area contributed by atoms with Crippen molar-refractivity contribution >= 4 is 33.5 Å². The number of benzene rings is 1. The Morgan fingerprint density at radius 1 is 1.20 bits per heavy atom. The summed E-state index contributed by atoms with van der Waals surface area (Å²) in [7, 11) is 6.06. The van der Waals surface area contributed by atoms with Crippen LogP contribution in [0.1, 0.15) is 12.5 Å². The molecule has 0 saturated heterocycles. The van der Waals surface area contributed by atoms with Crippen molar-refractivity contribution in [1.82, 2.24) is 0 Å². The summed E-state index contributed by atoms with van der Waals surface area (Å²) in [5, 5.41) is 0. The summed E-state index contributed by atoms with van der Waals surface area (Å²) in [6, 6.07) is 4.34. The van der Waals surface area contributed by atoms with Crippen molar-refractivity contribution in [2.75, 3.05) is 7.11 Å². The van der Waals surface area contributed by atoms with Gasteiger partial charge in [-0.25, -0.2) is 0 Å². The Labute approximate surface area is 101 Å². The van der Waals surface area contributed by atoms with E-state index in [2.05, 4.69) is 46.8 Å². The van der Waals surface area contributed by atoms with Crippen molar-refractivity contribution in [2.24, 2.45) is 0 Å². The molecule has 0 amide bonds. The first-order valence-electron chi connectivity index (χ1n) is 5.15. The van der Waals surface area contributed by atoms with E-state index in [0.29, 0.717) is 0 Å². The van der Waals surface area contributed by atoms with Crippen LogP contribution in [0.3, 0.4) is 0 Å². The number of hydrogen-bond acceptors (Lipinski definition) is 3. The molecule has 0 aliphatic carbocycles. The van der Waals surface area contributed by atoms with Gasteiger partial charge in [0.1, 0.15) is 0 Å². The average Bonchev–Trinajstić information content (AvgIpc) is 2.51. The van der Waals surface area contributed by atoms with E-state index in [9.17, 15) is 0 Å². The van der Waals surface area contributed by atoms with Gasteiger partial charge in [-0.05, 0) is 0 Å². The van der Waals surface area contributed by atoms with E-state index in [4.69, 9.17) is 4.74 Å². The molecule has 0 atom stereocenters. The summed E-state index contributed by atoms with van der Waals surface area (Å²) in [5.74, 6) is 1.07. The maximum atomic E-state index is 5.45. The van der Waals surface area contributed by atoms with Crippen molar-refractivity contribution in [1.29, 1.82) is 0 Å². The quantitative estimate of drug-likeness (QED) is 0.744. The molecule has 1 aromatic carbocycles. The van der Waals surface area contributed by atoms with Crippen molar-refractivity contribution in [3.63, 3.8) is 0 Å². The number of aryl methyl sites for hydroxylation is 1. The third-order valence-electron chi connectivity index (χ3n) is 2.45. The molecule has 4 heteroatoms. The molecule has 0 radical (unpaired) electrons. The van der Waals surface area contributed by atoms with Crippen LogP contribution >= 0.6 is 17.9 Å². The summed E-state index contributed by atoms with van der Waals surface area (Å²) in [5.41, 5.74) is 1.49. The van der Waals surface area contributed by atoms with E-state index in [1.54, 1.807) is 7.11 Å². The van der Waals surface area contributed by atoms with Crippen LogP contribution in [0.15, 0.2) is 21.9 Å². The van der Waals surface area contributed by atoms with Crippen molar-refractivity contribution in [3.8, 4) is 5.75 Å². The number of fused-ring (bicyclic) bond motifs is 1. The van der Waals surface area contributed by atoms with Crippen molar-refractivity contribution < 1.29 is 4.74 Å². The van der Waals surface area contributed by atoms with Gasteiger partial charge >= 0.3 is 102 Å². The predicted molar refractivity (Wildman–Crippen MR) is 71.6 cm³/mol. The fourth-order valence-electron chi connectivity index (χ4n) is 1.75. The molecule has 82 valence electrons. The summed E-state index contributed by atoms with van der Waals surface area (Å²) in [6.45, 7) is 2.23. The van der Waals surface area contributed by atoms with Gasteiger partial charge in [-0.1, -0.05) is 0 Å². The van der Waals surface area contributed by atoms with Gasteiger partial charge in [0, 0.05) is 0 Å².